The summed E-state index contributed by atoms with van der Waals surface area (Å²) in [4.78, 5) is 21.6. The number of Topliss-reactive ketones (excluding diaryl/α,β-unsaturated/α-hetero) is 1. The van der Waals surface area contributed by atoms with Gasteiger partial charge in [0.05, 0.1) is 11.6 Å². The summed E-state index contributed by atoms with van der Waals surface area (Å²) in [6.07, 6.45) is 6.29. The number of nitrogens with one attached hydrogen (secondary N) is 1. The average molecular weight is 375 g/mol. The molecule has 28 heavy (non-hydrogen) atoms. The molecule has 2 N–H and O–H groups in total. The zero-order valence-electron chi connectivity index (χ0n) is 15.8. The molecule has 1 heterocycles. The fourth-order valence-corrected chi connectivity index (χ4v) is 3.72. The van der Waals surface area contributed by atoms with E-state index in [2.05, 4.69) is 15.3 Å². The number of aryl methyl sites for hydroxylation is 1. The van der Waals surface area contributed by atoms with Gasteiger partial charge in [-0.05, 0) is 43.7 Å². The Balaban J connectivity index is 1.45. The van der Waals surface area contributed by atoms with Crippen LogP contribution in [0.4, 0.5) is 5.95 Å². The smallest absolute Gasteiger partial charge is 0.223 e. The number of rotatable bonds is 6. The van der Waals surface area contributed by atoms with Crippen molar-refractivity contribution in [2.75, 3.05) is 5.32 Å². The molecule has 0 saturated heterocycles. The Morgan fingerprint density at radius 3 is 2.64 bits per heavy atom. The molecular weight excluding hydrogens is 350 g/mol. The third-order valence-corrected chi connectivity index (χ3v) is 5.42. The first-order chi connectivity index (χ1) is 13.7. The van der Waals surface area contributed by atoms with Gasteiger partial charge in [0.1, 0.15) is 0 Å². The number of benzene rings is 2. The first kappa shape index (κ1) is 18.6. The van der Waals surface area contributed by atoms with Crippen LogP contribution in [0, 0.1) is 0 Å². The van der Waals surface area contributed by atoms with Crippen molar-refractivity contribution in [2.45, 2.75) is 50.7 Å². The van der Waals surface area contributed by atoms with Gasteiger partial charge in [-0.25, -0.2) is 9.97 Å². The topological polar surface area (TPSA) is 75.1 Å². The predicted molar refractivity (Wildman–Crippen MR) is 111 cm³/mol. The van der Waals surface area contributed by atoms with E-state index in [-0.39, 0.29) is 17.9 Å². The number of carbonyl (C=O) groups excluding carboxylic acids is 1. The lowest BCUT2D eigenvalue weighted by Gasteiger charge is -2.26. The van der Waals surface area contributed by atoms with Crippen molar-refractivity contribution < 1.29 is 9.90 Å². The normalized spacial score (nSPS) is 19.5. The van der Waals surface area contributed by atoms with Crippen LogP contribution in [-0.2, 0) is 6.42 Å². The maximum atomic E-state index is 12.6. The molecule has 1 aliphatic carbocycles. The van der Waals surface area contributed by atoms with Gasteiger partial charge >= 0.3 is 0 Å². The Labute approximate surface area is 164 Å². The summed E-state index contributed by atoms with van der Waals surface area (Å²) >= 11 is 0. The summed E-state index contributed by atoms with van der Waals surface area (Å²) in [6.45, 7) is 0. The molecule has 4 rings (SSSR count). The Hall–Kier alpha value is -2.79. The minimum absolute atomic E-state index is 0.125. The van der Waals surface area contributed by atoms with Gasteiger partial charge in [0.2, 0.25) is 5.95 Å². The molecule has 5 heteroatoms. The number of fused-ring (bicyclic) bond motifs is 1. The van der Waals surface area contributed by atoms with Crippen LogP contribution in [0.15, 0.2) is 54.7 Å². The zero-order chi connectivity index (χ0) is 19.3. The standard InChI is InChI=1S/C23H25N3O2/c27-20-11-9-19(10-12-20)25-23-24-15-18-8-7-17(14-21(18)26-23)22(28)13-6-16-4-2-1-3-5-16/h1-5,7-8,14-15,19-20,27H,6,9-13H2,(H,24,25,26). The van der Waals surface area contributed by atoms with Crippen molar-refractivity contribution in [3.05, 3.63) is 65.9 Å². The minimum atomic E-state index is -0.181. The van der Waals surface area contributed by atoms with Gasteiger partial charge in [-0.2, -0.15) is 0 Å². The molecule has 2 aromatic carbocycles. The third-order valence-electron chi connectivity index (χ3n) is 5.42. The first-order valence-corrected chi connectivity index (χ1v) is 9.96. The molecular formula is C23H25N3O2. The number of aliphatic hydroxyl groups excluding tert-OH is 1. The highest BCUT2D eigenvalue weighted by Gasteiger charge is 2.20. The number of aliphatic hydroxyl groups is 1. The van der Waals surface area contributed by atoms with Crippen molar-refractivity contribution >= 4 is 22.6 Å². The van der Waals surface area contributed by atoms with Gasteiger partial charge in [-0.1, -0.05) is 42.5 Å². The van der Waals surface area contributed by atoms with Crippen LogP contribution in [0.2, 0.25) is 0 Å². The summed E-state index contributed by atoms with van der Waals surface area (Å²) in [5.74, 6) is 0.711. The minimum Gasteiger partial charge on any atom is -0.393 e. The SMILES string of the molecule is O=C(CCc1ccccc1)c1ccc2cnc(NC3CCC(O)CC3)nc2c1. The van der Waals surface area contributed by atoms with E-state index in [1.807, 2.05) is 48.5 Å². The molecule has 144 valence electrons. The number of hydrogen-bond acceptors (Lipinski definition) is 5. The molecule has 0 amide bonds. The number of hydrogen-bond donors (Lipinski definition) is 2. The van der Waals surface area contributed by atoms with Gasteiger partial charge in [0.15, 0.2) is 5.78 Å². The van der Waals surface area contributed by atoms with E-state index in [1.54, 1.807) is 6.20 Å². The largest absolute Gasteiger partial charge is 0.393 e. The van der Waals surface area contributed by atoms with Crippen LogP contribution in [0.1, 0.15) is 48.0 Å². The van der Waals surface area contributed by atoms with Gasteiger partial charge < -0.3 is 10.4 Å². The number of nitrogens with zero attached hydrogens (tertiary/aromatic N) is 2. The summed E-state index contributed by atoms with van der Waals surface area (Å²) in [5, 5.41) is 13.9. The van der Waals surface area contributed by atoms with Crippen molar-refractivity contribution in [2.24, 2.45) is 0 Å². The Morgan fingerprint density at radius 1 is 1.07 bits per heavy atom. The van der Waals surface area contributed by atoms with Gasteiger partial charge in [0, 0.05) is 29.6 Å². The third kappa shape index (κ3) is 4.54. The molecule has 0 radical (unpaired) electrons. The zero-order valence-corrected chi connectivity index (χ0v) is 15.8. The van der Waals surface area contributed by atoms with Crippen molar-refractivity contribution in [3.63, 3.8) is 0 Å². The highest BCUT2D eigenvalue weighted by molar-refractivity contribution is 5.99. The van der Waals surface area contributed by atoms with Crippen molar-refractivity contribution in [1.29, 1.82) is 0 Å². The summed E-state index contributed by atoms with van der Waals surface area (Å²) < 4.78 is 0. The van der Waals surface area contributed by atoms with Crippen molar-refractivity contribution in [3.8, 4) is 0 Å². The quantitative estimate of drug-likeness (QED) is 0.633. The maximum absolute atomic E-state index is 12.6. The number of carbonyl (C=O) groups is 1. The fraction of sp³-hybridized carbons (Fsp3) is 0.348. The van der Waals surface area contributed by atoms with Crippen LogP contribution in [-0.4, -0.2) is 33.0 Å². The molecule has 0 spiro atoms. The van der Waals surface area contributed by atoms with Gasteiger partial charge in [-0.3, -0.25) is 4.79 Å². The van der Waals surface area contributed by atoms with E-state index in [9.17, 15) is 9.90 Å². The van der Waals surface area contributed by atoms with E-state index >= 15 is 0 Å². The molecule has 5 nitrogen and oxygen atoms in total. The average Bonchev–Trinajstić information content (AvgIpc) is 2.74. The molecule has 0 aliphatic heterocycles. The molecule has 0 unspecified atom stereocenters. The van der Waals surface area contributed by atoms with Crippen LogP contribution >= 0.6 is 0 Å². The molecule has 0 bridgehead atoms. The Morgan fingerprint density at radius 2 is 1.86 bits per heavy atom. The van der Waals surface area contributed by atoms with E-state index in [0.29, 0.717) is 17.9 Å². The highest BCUT2D eigenvalue weighted by atomic mass is 16.3. The summed E-state index contributed by atoms with van der Waals surface area (Å²) in [6, 6.07) is 16.0. The van der Waals surface area contributed by atoms with Crippen molar-refractivity contribution in [1.82, 2.24) is 9.97 Å². The van der Waals surface area contributed by atoms with E-state index < -0.39 is 0 Å². The maximum Gasteiger partial charge on any atom is 0.223 e. The Kier molecular flexibility index (Phi) is 5.63. The number of aromatic nitrogens is 2. The van der Waals surface area contributed by atoms with Gasteiger partial charge in [0.25, 0.3) is 0 Å². The van der Waals surface area contributed by atoms with E-state index in [1.165, 1.54) is 5.56 Å². The highest BCUT2D eigenvalue weighted by Crippen LogP contribution is 2.22. The number of ketones is 1. The lowest BCUT2D eigenvalue weighted by molar-refractivity contribution is 0.0983. The fourth-order valence-electron chi connectivity index (χ4n) is 3.72. The van der Waals surface area contributed by atoms with Crippen LogP contribution in [0.3, 0.4) is 0 Å². The molecule has 1 aromatic heterocycles. The predicted octanol–water partition coefficient (Wildman–Crippen LogP) is 4.16. The number of anilines is 1. The summed E-state index contributed by atoms with van der Waals surface area (Å²) in [7, 11) is 0. The van der Waals surface area contributed by atoms with Gasteiger partial charge in [-0.15, -0.1) is 0 Å². The lowest BCUT2D eigenvalue weighted by Crippen LogP contribution is -2.28. The molecule has 0 atom stereocenters. The van der Waals surface area contributed by atoms with Crippen LogP contribution in [0.5, 0.6) is 0 Å². The van der Waals surface area contributed by atoms with Crippen LogP contribution < -0.4 is 5.32 Å². The molecule has 1 saturated carbocycles. The second kappa shape index (κ2) is 8.48. The Bertz CT molecular complexity index is 950. The van der Waals surface area contributed by atoms with Crippen LogP contribution in [0.25, 0.3) is 10.9 Å². The lowest BCUT2D eigenvalue weighted by atomic mass is 9.93. The first-order valence-electron chi connectivity index (χ1n) is 9.96. The van der Waals surface area contributed by atoms with E-state index in [4.69, 9.17) is 0 Å². The van der Waals surface area contributed by atoms with E-state index in [0.717, 1.165) is 43.0 Å². The second-order valence-electron chi connectivity index (χ2n) is 7.53. The molecule has 3 aromatic rings. The monoisotopic (exact) mass is 375 g/mol. The second-order valence-corrected chi connectivity index (χ2v) is 7.53. The molecule has 1 aliphatic rings. The summed E-state index contributed by atoms with van der Waals surface area (Å²) in [5.41, 5.74) is 2.64. The molecule has 1 fully saturated rings.